The third-order valence-corrected chi connectivity index (χ3v) is 6.37. The Labute approximate surface area is 184 Å². The smallest absolute Gasteiger partial charge is 0.250 e. The number of likely N-dealkylation sites (N-methyl/N-ethyl adjacent to an activating group) is 2. The molecule has 0 radical (unpaired) electrons. The van der Waals surface area contributed by atoms with Crippen LogP contribution in [-0.2, 0) is 9.59 Å². The predicted molar refractivity (Wildman–Crippen MR) is 121 cm³/mol. The minimum Gasteiger partial charge on any atom is -0.497 e. The quantitative estimate of drug-likeness (QED) is 0.517. The zero-order valence-electron chi connectivity index (χ0n) is 18.3. The number of nitrogens with one attached hydrogen (secondary N) is 2. The van der Waals surface area contributed by atoms with Crippen molar-refractivity contribution >= 4 is 33.6 Å². The number of piperazine rings is 1. The number of carbonyl (C=O) groups excluding carboxylic acids is 2. The number of hydrogen-bond donors (Lipinski definition) is 2. The second-order valence-electron chi connectivity index (χ2n) is 8.01. The highest BCUT2D eigenvalue weighted by molar-refractivity contribution is 6.02. The fourth-order valence-corrected chi connectivity index (χ4v) is 4.60. The molecule has 1 saturated heterocycles. The molecular weight excluding hydrogens is 408 g/mol. The minimum atomic E-state index is -0.732. The molecule has 0 bridgehead atoms. The molecule has 8 nitrogen and oxygen atoms in total. The highest BCUT2D eigenvalue weighted by atomic mass is 16.5. The van der Waals surface area contributed by atoms with Gasteiger partial charge < -0.3 is 29.2 Å². The van der Waals surface area contributed by atoms with Crippen LogP contribution in [0.15, 0.2) is 48.8 Å². The van der Waals surface area contributed by atoms with Gasteiger partial charge in [0.05, 0.1) is 14.2 Å². The lowest BCUT2D eigenvalue weighted by Gasteiger charge is -2.41. The number of rotatable bonds is 4. The van der Waals surface area contributed by atoms with Crippen LogP contribution in [0.1, 0.15) is 23.2 Å². The molecule has 1 fully saturated rings. The van der Waals surface area contributed by atoms with E-state index < -0.39 is 12.1 Å². The third-order valence-electron chi connectivity index (χ3n) is 6.37. The first kappa shape index (κ1) is 20.0. The van der Waals surface area contributed by atoms with Gasteiger partial charge in [-0.1, -0.05) is 0 Å². The van der Waals surface area contributed by atoms with Crippen LogP contribution >= 0.6 is 0 Å². The summed E-state index contributed by atoms with van der Waals surface area (Å²) < 4.78 is 10.7. The predicted octanol–water partition coefficient (Wildman–Crippen LogP) is 3.38. The molecule has 1 aliphatic heterocycles. The Balaban J connectivity index is 1.58. The molecule has 1 aliphatic rings. The number of amides is 2. The zero-order chi connectivity index (χ0) is 22.6. The number of aromatic nitrogens is 2. The summed E-state index contributed by atoms with van der Waals surface area (Å²) in [6, 6.07) is 9.81. The van der Waals surface area contributed by atoms with Crippen molar-refractivity contribution in [3.8, 4) is 11.5 Å². The first-order valence-electron chi connectivity index (χ1n) is 10.3. The molecule has 2 aromatic carbocycles. The van der Waals surface area contributed by atoms with E-state index in [0.717, 1.165) is 32.9 Å². The summed E-state index contributed by atoms with van der Waals surface area (Å²) in [4.78, 5) is 36.7. The first-order valence-corrected chi connectivity index (χ1v) is 10.3. The van der Waals surface area contributed by atoms with Crippen molar-refractivity contribution in [2.24, 2.45) is 0 Å². The number of hydrogen-bond acceptors (Lipinski definition) is 4. The van der Waals surface area contributed by atoms with Crippen molar-refractivity contribution < 1.29 is 19.1 Å². The Bertz CT molecular complexity index is 1250. The Kier molecular flexibility index (Phi) is 4.58. The summed E-state index contributed by atoms with van der Waals surface area (Å²) in [6.07, 6.45) is 3.59. The fourth-order valence-electron chi connectivity index (χ4n) is 4.60. The molecule has 2 unspecified atom stereocenters. The van der Waals surface area contributed by atoms with Crippen LogP contribution < -0.4 is 9.47 Å². The van der Waals surface area contributed by atoms with Gasteiger partial charge in [0.1, 0.15) is 23.6 Å². The first-order chi connectivity index (χ1) is 15.4. The molecule has 0 aliphatic carbocycles. The van der Waals surface area contributed by atoms with Crippen LogP contribution in [0, 0.1) is 0 Å². The molecule has 2 N–H and O–H groups in total. The number of carbonyl (C=O) groups is 2. The van der Waals surface area contributed by atoms with E-state index in [1.807, 2.05) is 36.4 Å². The number of nitrogens with zero attached hydrogens (tertiary/aromatic N) is 2. The molecular formula is C24H24N4O4. The van der Waals surface area contributed by atoms with E-state index in [4.69, 9.17) is 9.47 Å². The highest BCUT2D eigenvalue weighted by Gasteiger charge is 2.45. The van der Waals surface area contributed by atoms with Crippen molar-refractivity contribution in [3.05, 3.63) is 59.9 Å². The summed E-state index contributed by atoms with van der Waals surface area (Å²) in [5.74, 6) is 1.07. The monoisotopic (exact) mass is 432 g/mol. The van der Waals surface area contributed by atoms with Gasteiger partial charge in [0.25, 0.3) is 11.8 Å². The maximum absolute atomic E-state index is 13.6. The Morgan fingerprint density at radius 2 is 1.12 bits per heavy atom. The standard InChI is InChI=1S/C24H24N4O4/c1-27-21(17-11-25-19-7-5-13(31-3)9-15(17)19)24(30)28(2)22(23(27)29)18-12-26-20-8-6-14(32-4)10-16(18)20/h5-12,21-22,25-26H,1-4H3. The van der Waals surface area contributed by atoms with E-state index in [1.165, 1.54) is 9.80 Å². The summed E-state index contributed by atoms with van der Waals surface area (Å²) in [7, 11) is 6.56. The molecule has 3 heterocycles. The number of ether oxygens (including phenoxy) is 2. The summed E-state index contributed by atoms with van der Waals surface area (Å²) in [5, 5.41) is 1.71. The van der Waals surface area contributed by atoms with Crippen LogP contribution in [0.2, 0.25) is 0 Å². The average molecular weight is 432 g/mol. The Morgan fingerprint density at radius 1 is 0.719 bits per heavy atom. The van der Waals surface area contributed by atoms with E-state index in [0.29, 0.717) is 11.5 Å². The summed E-state index contributed by atoms with van der Waals surface area (Å²) in [5.41, 5.74) is 3.24. The van der Waals surface area contributed by atoms with Crippen LogP contribution in [0.25, 0.3) is 21.8 Å². The van der Waals surface area contributed by atoms with Gasteiger partial charge in [0.15, 0.2) is 0 Å². The lowest BCUT2D eigenvalue weighted by molar-refractivity contribution is -0.159. The van der Waals surface area contributed by atoms with Gasteiger partial charge in [0, 0.05) is 59.4 Å². The molecule has 5 rings (SSSR count). The zero-order valence-corrected chi connectivity index (χ0v) is 18.3. The number of benzene rings is 2. The minimum absolute atomic E-state index is 0.155. The van der Waals surface area contributed by atoms with Crippen molar-refractivity contribution in [2.75, 3.05) is 28.3 Å². The molecule has 0 spiro atoms. The SMILES string of the molecule is COc1ccc2[nH]cc(C3C(=O)N(C)C(c4c[nH]c5ccc(OC)cc45)C(=O)N3C)c2c1. The Hall–Kier alpha value is -3.94. The molecule has 0 saturated carbocycles. The van der Waals surface area contributed by atoms with Gasteiger partial charge in [-0.05, 0) is 36.4 Å². The fraction of sp³-hybridized carbons (Fsp3) is 0.250. The molecule has 2 atom stereocenters. The molecule has 4 aromatic rings. The second kappa shape index (κ2) is 7.33. The average Bonchev–Trinajstić information content (AvgIpc) is 3.42. The van der Waals surface area contributed by atoms with Gasteiger partial charge in [-0.25, -0.2) is 0 Å². The van der Waals surface area contributed by atoms with E-state index >= 15 is 0 Å². The molecule has 8 heteroatoms. The van der Waals surface area contributed by atoms with Crippen molar-refractivity contribution in [2.45, 2.75) is 12.1 Å². The van der Waals surface area contributed by atoms with Crippen LogP contribution in [0.4, 0.5) is 0 Å². The Morgan fingerprint density at radius 3 is 1.50 bits per heavy atom. The van der Waals surface area contributed by atoms with Crippen LogP contribution in [-0.4, -0.2) is 59.9 Å². The lowest BCUT2D eigenvalue weighted by Crippen LogP contribution is -2.54. The number of methoxy groups -OCH3 is 2. The van der Waals surface area contributed by atoms with E-state index in [1.54, 1.807) is 40.7 Å². The topological polar surface area (TPSA) is 90.7 Å². The maximum Gasteiger partial charge on any atom is 0.250 e. The van der Waals surface area contributed by atoms with E-state index in [-0.39, 0.29) is 11.8 Å². The van der Waals surface area contributed by atoms with Crippen LogP contribution in [0.3, 0.4) is 0 Å². The summed E-state index contributed by atoms with van der Waals surface area (Å²) >= 11 is 0. The van der Waals surface area contributed by atoms with Gasteiger partial charge in [-0.2, -0.15) is 0 Å². The van der Waals surface area contributed by atoms with Gasteiger partial charge in [-0.15, -0.1) is 0 Å². The normalized spacial score (nSPS) is 19.2. The highest BCUT2D eigenvalue weighted by Crippen LogP contribution is 2.40. The van der Waals surface area contributed by atoms with E-state index in [2.05, 4.69) is 9.97 Å². The number of H-pyrrole nitrogens is 2. The summed E-state index contributed by atoms with van der Waals surface area (Å²) in [6.45, 7) is 0. The third kappa shape index (κ3) is 2.83. The number of aromatic amines is 2. The van der Waals surface area contributed by atoms with Crippen LogP contribution in [0.5, 0.6) is 11.5 Å². The van der Waals surface area contributed by atoms with Gasteiger partial charge >= 0.3 is 0 Å². The lowest BCUT2D eigenvalue weighted by atomic mass is 9.94. The number of fused-ring (bicyclic) bond motifs is 2. The van der Waals surface area contributed by atoms with Gasteiger partial charge in [-0.3, -0.25) is 9.59 Å². The van der Waals surface area contributed by atoms with Crippen molar-refractivity contribution in [1.82, 2.24) is 19.8 Å². The largest absolute Gasteiger partial charge is 0.497 e. The van der Waals surface area contributed by atoms with Gasteiger partial charge in [0.2, 0.25) is 0 Å². The second-order valence-corrected chi connectivity index (χ2v) is 8.01. The van der Waals surface area contributed by atoms with E-state index in [9.17, 15) is 9.59 Å². The molecule has 2 aromatic heterocycles. The molecule has 164 valence electrons. The molecule has 32 heavy (non-hydrogen) atoms. The molecule has 2 amide bonds. The van der Waals surface area contributed by atoms with Crippen molar-refractivity contribution in [1.29, 1.82) is 0 Å². The van der Waals surface area contributed by atoms with Crippen molar-refractivity contribution in [3.63, 3.8) is 0 Å². The maximum atomic E-state index is 13.6.